The maximum Gasteiger partial charge on any atom is 0.306 e. The van der Waals surface area contributed by atoms with E-state index in [1.165, 1.54) is 12.2 Å². The molecule has 8 atom stereocenters. The van der Waals surface area contributed by atoms with Gasteiger partial charge in [0.2, 0.25) is 0 Å². The highest BCUT2D eigenvalue weighted by Gasteiger charge is 2.64. The minimum Gasteiger partial charge on any atom is -0.458 e. The Kier molecular flexibility index (Phi) is 5.81. The zero-order chi connectivity index (χ0) is 23.4. The molecule has 0 aromatic carbocycles. The summed E-state index contributed by atoms with van der Waals surface area (Å²) in [6, 6.07) is 0. The minimum absolute atomic E-state index is 0.0151. The Labute approximate surface area is 188 Å². The van der Waals surface area contributed by atoms with Gasteiger partial charge in [0, 0.05) is 29.2 Å². The van der Waals surface area contributed by atoms with Crippen molar-refractivity contribution in [2.24, 2.45) is 40.4 Å². The molecule has 0 aromatic rings. The highest BCUT2D eigenvalue weighted by atomic mass is 19.1. The van der Waals surface area contributed by atoms with Crippen LogP contribution in [0, 0.1) is 40.4 Å². The second-order valence-electron chi connectivity index (χ2n) is 10.6. The summed E-state index contributed by atoms with van der Waals surface area (Å²) in [6.45, 7) is 7.57. The third-order valence-electron chi connectivity index (χ3n) is 8.62. The molecule has 0 bridgehead atoms. The molecule has 4 aliphatic carbocycles. The number of ether oxygens (including phenoxy) is 1. The van der Waals surface area contributed by atoms with Crippen LogP contribution >= 0.6 is 0 Å². The summed E-state index contributed by atoms with van der Waals surface area (Å²) < 4.78 is 20.5. The van der Waals surface area contributed by atoms with E-state index in [9.17, 15) is 19.5 Å². The predicted molar refractivity (Wildman–Crippen MR) is 117 cm³/mol. The molecule has 32 heavy (non-hydrogen) atoms. The summed E-state index contributed by atoms with van der Waals surface area (Å²) >= 11 is 0. The molecule has 0 heterocycles. The molecule has 0 aliphatic heterocycles. The molecule has 5 nitrogen and oxygen atoms in total. The summed E-state index contributed by atoms with van der Waals surface area (Å²) in [4.78, 5) is 36.9. The van der Waals surface area contributed by atoms with Gasteiger partial charge < -0.3 is 9.84 Å². The zero-order valence-corrected chi connectivity index (χ0v) is 19.3. The molecule has 4 aliphatic rings. The fourth-order valence-corrected chi connectivity index (χ4v) is 7.43. The minimum atomic E-state index is -0.765. The molecule has 6 heteroatoms. The first-order valence-electron chi connectivity index (χ1n) is 11.7. The molecule has 0 radical (unpaired) electrons. The summed E-state index contributed by atoms with van der Waals surface area (Å²) in [5, 5.41) is 11.4. The third-order valence-corrected chi connectivity index (χ3v) is 8.62. The molecule has 0 amide bonds. The van der Waals surface area contributed by atoms with Crippen LogP contribution in [0.25, 0.3) is 0 Å². The van der Waals surface area contributed by atoms with Crippen molar-refractivity contribution in [1.82, 2.24) is 0 Å². The van der Waals surface area contributed by atoms with E-state index in [0.29, 0.717) is 18.4 Å². The van der Waals surface area contributed by atoms with Gasteiger partial charge in [-0.3, -0.25) is 14.4 Å². The van der Waals surface area contributed by atoms with Gasteiger partial charge in [0.1, 0.15) is 12.4 Å². The molecular formula is C26H33FO5. The maximum absolute atomic E-state index is 15.3. The van der Waals surface area contributed by atoms with Crippen molar-refractivity contribution in [2.45, 2.75) is 59.5 Å². The first-order chi connectivity index (χ1) is 15.0. The first kappa shape index (κ1) is 23.1. The van der Waals surface area contributed by atoms with E-state index in [0.717, 1.165) is 6.42 Å². The molecule has 2 fully saturated rings. The van der Waals surface area contributed by atoms with Gasteiger partial charge in [0.05, 0.1) is 6.10 Å². The van der Waals surface area contributed by atoms with Crippen LogP contribution in [0.5, 0.6) is 0 Å². The highest BCUT2D eigenvalue weighted by Crippen LogP contribution is 2.66. The number of allylic oxidation sites excluding steroid dienone is 6. The number of aliphatic hydroxyl groups excluding tert-OH is 1. The van der Waals surface area contributed by atoms with Crippen LogP contribution in [0.3, 0.4) is 0 Å². The van der Waals surface area contributed by atoms with E-state index < -0.39 is 22.8 Å². The number of hydrogen-bond donors (Lipinski definition) is 1. The molecular weight excluding hydrogens is 411 g/mol. The van der Waals surface area contributed by atoms with Gasteiger partial charge in [-0.05, 0) is 60.7 Å². The number of ketones is 2. The molecule has 0 saturated heterocycles. The lowest BCUT2D eigenvalue weighted by atomic mass is 9.48. The second kappa shape index (κ2) is 8.05. The number of hydrogen-bond acceptors (Lipinski definition) is 5. The number of Topliss-reactive ketones (excluding diaryl/α,β-unsaturated/α-hetero) is 1. The van der Waals surface area contributed by atoms with Gasteiger partial charge in [0.25, 0.3) is 0 Å². The van der Waals surface area contributed by atoms with Crippen LogP contribution in [-0.4, -0.2) is 35.4 Å². The van der Waals surface area contributed by atoms with Gasteiger partial charge in [-0.25, -0.2) is 4.39 Å². The summed E-state index contributed by atoms with van der Waals surface area (Å²) in [5.41, 5.74) is -0.939. The number of esters is 1. The highest BCUT2D eigenvalue weighted by molar-refractivity contribution is 6.01. The van der Waals surface area contributed by atoms with Crippen LogP contribution in [0.2, 0.25) is 0 Å². The fourth-order valence-electron chi connectivity index (χ4n) is 7.43. The van der Waals surface area contributed by atoms with Gasteiger partial charge in [-0.1, -0.05) is 33.8 Å². The molecule has 0 spiro atoms. The average molecular weight is 445 g/mol. The van der Waals surface area contributed by atoms with Gasteiger partial charge in [-0.15, -0.1) is 0 Å². The molecule has 1 N–H and O–H groups in total. The molecule has 0 unspecified atom stereocenters. The van der Waals surface area contributed by atoms with Crippen LogP contribution in [0.4, 0.5) is 4.39 Å². The van der Waals surface area contributed by atoms with E-state index in [4.69, 9.17) is 4.74 Å². The Bertz CT molecular complexity index is 933. The van der Waals surface area contributed by atoms with E-state index in [1.54, 1.807) is 12.2 Å². The zero-order valence-electron chi connectivity index (χ0n) is 19.3. The van der Waals surface area contributed by atoms with Crippen LogP contribution in [0.1, 0.15) is 53.4 Å². The summed E-state index contributed by atoms with van der Waals surface area (Å²) in [6.07, 6.45) is 7.49. The average Bonchev–Trinajstić information content (AvgIpc) is 2.97. The number of halogens is 1. The van der Waals surface area contributed by atoms with Gasteiger partial charge in [0.15, 0.2) is 11.6 Å². The van der Waals surface area contributed by atoms with Gasteiger partial charge >= 0.3 is 5.97 Å². The van der Waals surface area contributed by atoms with E-state index in [1.807, 2.05) is 27.7 Å². The molecule has 0 aromatic heterocycles. The first-order valence-corrected chi connectivity index (χ1v) is 11.7. The fraction of sp³-hybridized carbons (Fsp3) is 0.654. The number of carbonyl (C=O) groups excluding carboxylic acids is 3. The van der Waals surface area contributed by atoms with Crippen molar-refractivity contribution >= 4 is 17.5 Å². The Morgan fingerprint density at radius 2 is 2.03 bits per heavy atom. The molecule has 2 saturated carbocycles. The lowest BCUT2D eigenvalue weighted by Crippen LogP contribution is -2.55. The van der Waals surface area contributed by atoms with Crippen molar-refractivity contribution in [2.75, 3.05) is 6.61 Å². The van der Waals surface area contributed by atoms with Crippen molar-refractivity contribution in [3.8, 4) is 0 Å². The molecule has 174 valence electrons. The number of rotatable bonds is 5. The Morgan fingerprint density at radius 3 is 2.72 bits per heavy atom. The molecule has 4 rings (SSSR count). The van der Waals surface area contributed by atoms with Crippen LogP contribution < -0.4 is 0 Å². The number of carbonyl (C=O) groups is 3. The second-order valence-corrected chi connectivity index (χ2v) is 10.6. The Hall–Kier alpha value is -2.08. The Morgan fingerprint density at radius 1 is 1.31 bits per heavy atom. The van der Waals surface area contributed by atoms with E-state index in [2.05, 4.69) is 0 Å². The van der Waals surface area contributed by atoms with E-state index >= 15 is 4.39 Å². The third kappa shape index (κ3) is 3.42. The van der Waals surface area contributed by atoms with Crippen molar-refractivity contribution in [1.29, 1.82) is 0 Å². The van der Waals surface area contributed by atoms with Crippen molar-refractivity contribution in [3.05, 3.63) is 35.7 Å². The lowest BCUT2D eigenvalue weighted by molar-refractivity contribution is -0.152. The SMILES string of the molecule is CCCC(=O)OCC(=O)[C@H]1[C@H](C)C[C@H]2[C@@H]3C=C(F)C4=CC(=O)C=C[C@]4(C)[C@H]3[C@@H](O)C[C@@]21C. The lowest BCUT2D eigenvalue weighted by Gasteiger charge is -2.56. The number of fused-ring (bicyclic) bond motifs is 5. The quantitative estimate of drug-likeness (QED) is 0.646. The van der Waals surface area contributed by atoms with Crippen molar-refractivity contribution in [3.63, 3.8) is 0 Å². The monoisotopic (exact) mass is 444 g/mol. The Balaban J connectivity index is 1.66. The normalized spacial score (nSPS) is 42.4. The van der Waals surface area contributed by atoms with Crippen molar-refractivity contribution < 1.29 is 28.6 Å². The summed E-state index contributed by atoms with van der Waals surface area (Å²) in [5.74, 6) is -1.95. The number of aliphatic hydroxyl groups is 1. The predicted octanol–water partition coefficient (Wildman–Crippen LogP) is 4.11. The van der Waals surface area contributed by atoms with Crippen LogP contribution in [-0.2, 0) is 19.1 Å². The topological polar surface area (TPSA) is 80.7 Å². The van der Waals surface area contributed by atoms with Crippen LogP contribution in [0.15, 0.2) is 35.7 Å². The summed E-state index contributed by atoms with van der Waals surface area (Å²) in [7, 11) is 0. The maximum atomic E-state index is 15.3. The van der Waals surface area contributed by atoms with Gasteiger partial charge in [-0.2, -0.15) is 0 Å². The smallest absolute Gasteiger partial charge is 0.306 e. The van der Waals surface area contributed by atoms with E-state index in [-0.39, 0.29) is 60.2 Å². The standard InChI is InChI=1S/C26H33FO5/c1-5-6-22(31)32-13-21(30)23-14(2)9-17-16-11-19(27)18-10-15(28)7-8-25(18,3)24(16)20(29)12-26(17,23)4/h7-8,10-11,14,16-17,20,23-24,29H,5-6,9,12-13H2,1-4H3/t14-,16+,17+,20+,23-,24-,25+,26+/m1/s1. The largest absolute Gasteiger partial charge is 0.458 e.